The molecule has 2 rings (SSSR count). The lowest BCUT2D eigenvalue weighted by Gasteiger charge is -2.18. The maximum absolute atomic E-state index is 9.08. The first-order valence-electron chi connectivity index (χ1n) is 6.53. The fourth-order valence-corrected chi connectivity index (χ4v) is 2.29. The van der Waals surface area contributed by atoms with E-state index in [0.29, 0.717) is 11.5 Å². The zero-order valence-electron chi connectivity index (χ0n) is 10.8. The number of aromatic nitrogens is 1. The summed E-state index contributed by atoms with van der Waals surface area (Å²) in [6, 6.07) is 5.83. The molecule has 18 heavy (non-hydrogen) atoms. The van der Waals surface area contributed by atoms with Crippen LogP contribution in [-0.4, -0.2) is 31.3 Å². The highest BCUT2D eigenvalue weighted by Gasteiger charge is 2.25. The van der Waals surface area contributed by atoms with E-state index in [1.54, 1.807) is 12.3 Å². The zero-order valence-corrected chi connectivity index (χ0v) is 10.8. The van der Waals surface area contributed by atoms with E-state index in [-0.39, 0.29) is 0 Å². The van der Waals surface area contributed by atoms with Gasteiger partial charge < -0.3 is 9.64 Å². The molecule has 1 aliphatic heterocycles. The average Bonchev–Trinajstić information content (AvgIpc) is 2.88. The van der Waals surface area contributed by atoms with Crippen LogP contribution in [0.15, 0.2) is 18.3 Å². The lowest BCUT2D eigenvalue weighted by molar-refractivity contribution is 0.106. The minimum Gasteiger partial charge on any atom is -0.381 e. The van der Waals surface area contributed by atoms with Gasteiger partial charge >= 0.3 is 0 Å². The van der Waals surface area contributed by atoms with E-state index in [4.69, 9.17) is 10.00 Å². The first kappa shape index (κ1) is 12.8. The Labute approximate surface area is 108 Å². The maximum atomic E-state index is 9.08. The van der Waals surface area contributed by atoms with Gasteiger partial charge in [-0.3, -0.25) is 0 Å². The Hall–Kier alpha value is -1.60. The molecule has 2 heterocycles. The summed E-state index contributed by atoms with van der Waals surface area (Å²) in [6.07, 6.45) is 3.93. The second kappa shape index (κ2) is 6.36. The van der Waals surface area contributed by atoms with E-state index < -0.39 is 0 Å². The Morgan fingerprint density at radius 3 is 3.28 bits per heavy atom. The summed E-state index contributed by atoms with van der Waals surface area (Å²) in [7, 11) is 0. The molecule has 0 bridgehead atoms. The molecule has 0 spiro atoms. The predicted molar refractivity (Wildman–Crippen MR) is 70.4 cm³/mol. The van der Waals surface area contributed by atoms with Gasteiger partial charge in [0.25, 0.3) is 0 Å². The van der Waals surface area contributed by atoms with E-state index >= 15 is 0 Å². The number of hydrogen-bond acceptors (Lipinski definition) is 4. The summed E-state index contributed by atoms with van der Waals surface area (Å²) in [5.41, 5.74) is 0.660. The van der Waals surface area contributed by atoms with Crippen LogP contribution in [0.25, 0.3) is 0 Å². The van der Waals surface area contributed by atoms with Crippen molar-refractivity contribution in [1.82, 2.24) is 4.98 Å². The molecule has 0 amide bonds. The van der Waals surface area contributed by atoms with Gasteiger partial charge in [0.1, 0.15) is 11.9 Å². The molecule has 1 aromatic rings. The van der Waals surface area contributed by atoms with Gasteiger partial charge in [-0.25, -0.2) is 4.98 Å². The lowest BCUT2D eigenvalue weighted by atomic mass is 10.1. The largest absolute Gasteiger partial charge is 0.381 e. The number of nitriles is 1. The molecule has 1 fully saturated rings. The molecule has 4 nitrogen and oxygen atoms in total. The Kier molecular flexibility index (Phi) is 4.54. The van der Waals surface area contributed by atoms with Gasteiger partial charge in [-0.15, -0.1) is 0 Å². The third kappa shape index (κ3) is 2.99. The van der Waals surface area contributed by atoms with Crippen molar-refractivity contribution in [2.75, 3.05) is 31.2 Å². The van der Waals surface area contributed by atoms with Gasteiger partial charge in [-0.05, 0) is 25.0 Å². The minimum atomic E-state index is 0.560. The van der Waals surface area contributed by atoms with Crippen LogP contribution in [0.2, 0.25) is 0 Å². The zero-order chi connectivity index (χ0) is 12.8. The lowest BCUT2D eigenvalue weighted by Crippen LogP contribution is -2.23. The van der Waals surface area contributed by atoms with E-state index in [1.165, 1.54) is 0 Å². The monoisotopic (exact) mass is 245 g/mol. The highest BCUT2D eigenvalue weighted by atomic mass is 16.5. The molecule has 96 valence electrons. The molecule has 1 aliphatic rings. The maximum Gasteiger partial charge on any atom is 0.146 e. The smallest absolute Gasteiger partial charge is 0.146 e. The fraction of sp³-hybridized carbons (Fsp3) is 0.571. The van der Waals surface area contributed by atoms with Crippen LogP contribution in [0, 0.1) is 17.2 Å². The molecule has 0 radical (unpaired) electrons. The topological polar surface area (TPSA) is 49.1 Å². The highest BCUT2D eigenvalue weighted by molar-refractivity contribution is 5.54. The van der Waals surface area contributed by atoms with Gasteiger partial charge in [-0.2, -0.15) is 5.26 Å². The second-order valence-electron chi connectivity index (χ2n) is 4.66. The van der Waals surface area contributed by atoms with Crippen LogP contribution in [0.1, 0.15) is 25.3 Å². The van der Waals surface area contributed by atoms with Crippen LogP contribution < -0.4 is 4.90 Å². The number of ether oxygens (including phenoxy) is 1. The van der Waals surface area contributed by atoms with Crippen molar-refractivity contribution in [3.8, 4) is 6.07 Å². The van der Waals surface area contributed by atoms with Crippen molar-refractivity contribution in [1.29, 1.82) is 5.26 Å². The van der Waals surface area contributed by atoms with Gasteiger partial charge in [-0.1, -0.05) is 6.92 Å². The number of anilines is 1. The molecule has 4 heteroatoms. The first-order valence-corrected chi connectivity index (χ1v) is 6.53. The Balaban J connectivity index is 1.94. The number of hydrogen-bond donors (Lipinski definition) is 0. The molecule has 0 unspecified atom stereocenters. The van der Waals surface area contributed by atoms with Crippen molar-refractivity contribution in [2.24, 2.45) is 5.92 Å². The summed E-state index contributed by atoms with van der Waals surface area (Å²) in [4.78, 5) is 6.52. The molecule has 1 saturated heterocycles. The van der Waals surface area contributed by atoms with Crippen LogP contribution in [-0.2, 0) is 4.74 Å². The quantitative estimate of drug-likeness (QED) is 0.746. The summed E-state index contributed by atoms with van der Waals surface area (Å²) in [5.74, 6) is 1.38. The average molecular weight is 245 g/mol. The third-order valence-electron chi connectivity index (χ3n) is 3.19. The Bertz CT molecular complexity index is 427. The summed E-state index contributed by atoms with van der Waals surface area (Å²) < 4.78 is 5.60. The minimum absolute atomic E-state index is 0.560. The van der Waals surface area contributed by atoms with Crippen LogP contribution >= 0.6 is 0 Å². The summed E-state index contributed by atoms with van der Waals surface area (Å²) >= 11 is 0. The van der Waals surface area contributed by atoms with Crippen molar-refractivity contribution < 1.29 is 4.74 Å². The highest BCUT2D eigenvalue weighted by Crippen LogP contribution is 2.24. The van der Waals surface area contributed by atoms with Crippen molar-refractivity contribution >= 4 is 5.82 Å². The van der Waals surface area contributed by atoms with Crippen molar-refractivity contribution in [3.05, 3.63) is 23.9 Å². The molecule has 0 saturated carbocycles. The molecule has 1 aromatic heterocycles. The van der Waals surface area contributed by atoms with Gasteiger partial charge in [0.2, 0.25) is 0 Å². The van der Waals surface area contributed by atoms with Crippen LogP contribution in [0.3, 0.4) is 0 Å². The first-order chi connectivity index (χ1) is 8.85. The SMILES string of the molecule is CCCOC[C@@H]1CCN(c2ncccc2C#N)C1. The second-order valence-corrected chi connectivity index (χ2v) is 4.66. The molecular formula is C14H19N3O. The third-order valence-corrected chi connectivity index (χ3v) is 3.19. The molecule has 0 N–H and O–H groups in total. The van der Waals surface area contributed by atoms with Crippen molar-refractivity contribution in [2.45, 2.75) is 19.8 Å². The molecule has 0 aromatic carbocycles. The normalized spacial score (nSPS) is 18.9. The van der Waals surface area contributed by atoms with E-state index in [1.807, 2.05) is 6.07 Å². The standard InChI is InChI=1S/C14H19N3O/c1-2-8-18-11-12-5-7-17(10-12)14-13(9-15)4-3-6-16-14/h3-4,6,12H,2,5,7-8,10-11H2,1H3/t12-/m1/s1. The summed E-state index contributed by atoms with van der Waals surface area (Å²) in [6.45, 7) is 5.68. The fourth-order valence-electron chi connectivity index (χ4n) is 2.29. The van der Waals surface area contributed by atoms with E-state index in [2.05, 4.69) is 22.9 Å². The molecule has 0 aliphatic carbocycles. The van der Waals surface area contributed by atoms with Crippen LogP contribution in [0.5, 0.6) is 0 Å². The summed E-state index contributed by atoms with van der Waals surface area (Å²) in [5, 5.41) is 9.08. The van der Waals surface area contributed by atoms with Gasteiger partial charge in [0, 0.05) is 31.8 Å². The van der Waals surface area contributed by atoms with E-state index in [0.717, 1.165) is 45.0 Å². The number of rotatable bonds is 5. The van der Waals surface area contributed by atoms with Crippen molar-refractivity contribution in [3.63, 3.8) is 0 Å². The Morgan fingerprint density at radius 2 is 2.50 bits per heavy atom. The van der Waals surface area contributed by atoms with E-state index in [9.17, 15) is 0 Å². The predicted octanol–water partition coefficient (Wildman–Crippen LogP) is 2.21. The number of pyridine rings is 1. The molecule has 1 atom stereocenters. The molecular weight excluding hydrogens is 226 g/mol. The van der Waals surface area contributed by atoms with Gasteiger partial charge in [0.15, 0.2) is 0 Å². The Morgan fingerprint density at radius 1 is 1.61 bits per heavy atom. The van der Waals surface area contributed by atoms with Crippen LogP contribution in [0.4, 0.5) is 5.82 Å². The van der Waals surface area contributed by atoms with Gasteiger partial charge in [0.05, 0.1) is 12.2 Å². The number of nitrogens with zero attached hydrogens (tertiary/aromatic N) is 3.